The summed E-state index contributed by atoms with van der Waals surface area (Å²) in [6.45, 7) is 6.03. The van der Waals surface area contributed by atoms with Gasteiger partial charge in [-0.1, -0.05) is 30.7 Å². The second-order valence-corrected chi connectivity index (χ2v) is 13.5. The fraction of sp³-hybridized carbons (Fsp3) is 0.594. The average Bonchev–Trinajstić information content (AvgIpc) is 3.37. The lowest BCUT2D eigenvalue weighted by atomic mass is 9.44. The summed E-state index contributed by atoms with van der Waals surface area (Å²) in [6, 6.07) is 5.78. The van der Waals surface area contributed by atoms with Gasteiger partial charge in [-0.3, -0.25) is 9.59 Å². The van der Waals surface area contributed by atoms with Crippen LogP contribution in [0.4, 0.5) is 4.39 Å². The topological polar surface area (TPSA) is 152 Å². The number of rotatable bonds is 7. The average molecular weight is 614 g/mol. The first-order valence-electron chi connectivity index (χ1n) is 14.8. The van der Waals surface area contributed by atoms with E-state index >= 15 is 4.39 Å². The van der Waals surface area contributed by atoms with E-state index in [0.717, 1.165) is 0 Å². The van der Waals surface area contributed by atoms with E-state index in [0.29, 0.717) is 30.4 Å². The lowest BCUT2D eigenvalue weighted by Crippen LogP contribution is -2.70. The SMILES string of the molecule is CC1(C)O[C@@H]2CC3C4CCC5=CC(=O)C=C[C@]5(C)[C@@]4(F)[C@@H](O)C[C@]3(C)[C@]2(C(=O)COC(=O)c2ccc(CO[N+](=O)[O-])cc2)O1. The molecule has 44 heavy (non-hydrogen) atoms. The zero-order valence-corrected chi connectivity index (χ0v) is 25.0. The number of alkyl halides is 1. The maximum Gasteiger partial charge on any atom is 0.338 e. The summed E-state index contributed by atoms with van der Waals surface area (Å²) in [6.07, 6.45) is 3.26. The number of nitrogens with zero attached hydrogens (tertiary/aromatic N) is 1. The number of halogens is 1. The van der Waals surface area contributed by atoms with E-state index in [2.05, 4.69) is 4.84 Å². The molecule has 12 heteroatoms. The van der Waals surface area contributed by atoms with Crippen molar-refractivity contribution in [3.8, 4) is 0 Å². The Hall–Kier alpha value is -3.48. The number of aliphatic hydroxyl groups is 1. The molecule has 1 aromatic rings. The number of aliphatic hydroxyl groups excluding tert-OH is 1. The molecule has 2 unspecified atom stereocenters. The first kappa shape index (κ1) is 30.5. The molecule has 4 aliphatic carbocycles. The van der Waals surface area contributed by atoms with Crippen LogP contribution in [0.5, 0.6) is 0 Å². The largest absolute Gasteiger partial charge is 0.454 e. The van der Waals surface area contributed by atoms with Gasteiger partial charge in [-0.2, -0.15) is 0 Å². The number of carbonyl (C=O) groups is 3. The van der Waals surface area contributed by atoms with Crippen molar-refractivity contribution in [1.82, 2.24) is 0 Å². The van der Waals surface area contributed by atoms with Gasteiger partial charge in [-0.25, -0.2) is 9.18 Å². The molecular weight excluding hydrogens is 577 g/mol. The van der Waals surface area contributed by atoms with Gasteiger partial charge in [0.2, 0.25) is 5.78 Å². The van der Waals surface area contributed by atoms with E-state index in [1.54, 1.807) is 26.8 Å². The Balaban J connectivity index is 1.27. The van der Waals surface area contributed by atoms with Crippen LogP contribution in [0.1, 0.15) is 69.3 Å². The fourth-order valence-electron chi connectivity index (χ4n) is 8.99. The third-order valence-electron chi connectivity index (χ3n) is 10.9. The minimum absolute atomic E-state index is 0.0986. The van der Waals surface area contributed by atoms with Gasteiger partial charge in [0, 0.05) is 16.7 Å². The summed E-state index contributed by atoms with van der Waals surface area (Å²) in [5.41, 5.74) is -4.67. The maximum atomic E-state index is 17.5. The third-order valence-corrected chi connectivity index (χ3v) is 10.9. The number of ketones is 2. The summed E-state index contributed by atoms with van der Waals surface area (Å²) in [5, 5.41) is 21.2. The Morgan fingerprint density at radius 1 is 1.16 bits per heavy atom. The molecule has 11 nitrogen and oxygen atoms in total. The van der Waals surface area contributed by atoms with Crippen molar-refractivity contribution in [3.63, 3.8) is 0 Å². The van der Waals surface area contributed by atoms with Crippen LogP contribution in [0.25, 0.3) is 0 Å². The molecule has 0 radical (unpaired) electrons. The molecule has 1 N–H and O–H groups in total. The fourth-order valence-corrected chi connectivity index (χ4v) is 8.99. The van der Waals surface area contributed by atoms with Crippen molar-refractivity contribution in [3.05, 3.63) is 69.3 Å². The predicted octanol–water partition coefficient (Wildman–Crippen LogP) is 3.99. The molecule has 1 heterocycles. The molecule has 6 rings (SSSR count). The van der Waals surface area contributed by atoms with Gasteiger partial charge in [-0.05, 0) is 82.2 Å². The number of esters is 1. The second kappa shape index (κ2) is 10.0. The Morgan fingerprint density at radius 3 is 2.55 bits per heavy atom. The maximum absolute atomic E-state index is 17.5. The molecule has 0 amide bonds. The molecule has 0 spiro atoms. The van der Waals surface area contributed by atoms with Gasteiger partial charge in [0.1, 0.15) is 6.61 Å². The summed E-state index contributed by atoms with van der Waals surface area (Å²) in [5.74, 6) is -3.73. The summed E-state index contributed by atoms with van der Waals surface area (Å²) >= 11 is 0. The van der Waals surface area contributed by atoms with Gasteiger partial charge >= 0.3 is 5.97 Å². The van der Waals surface area contributed by atoms with Crippen molar-refractivity contribution >= 4 is 17.5 Å². The van der Waals surface area contributed by atoms with Crippen LogP contribution in [0.15, 0.2) is 48.1 Å². The molecule has 3 saturated carbocycles. The number of carbonyl (C=O) groups excluding carboxylic acids is 3. The van der Waals surface area contributed by atoms with Gasteiger partial charge in [0.25, 0.3) is 5.09 Å². The second-order valence-electron chi connectivity index (χ2n) is 13.5. The highest BCUT2D eigenvalue weighted by Crippen LogP contribution is 2.72. The Morgan fingerprint density at radius 2 is 1.86 bits per heavy atom. The predicted molar refractivity (Wildman–Crippen MR) is 150 cm³/mol. The molecule has 1 saturated heterocycles. The quantitative estimate of drug-likeness (QED) is 0.272. The molecule has 5 aliphatic rings. The minimum Gasteiger partial charge on any atom is -0.454 e. The monoisotopic (exact) mass is 613 g/mol. The molecule has 1 aliphatic heterocycles. The molecule has 0 bridgehead atoms. The number of allylic oxidation sites excluding steroid dienone is 4. The minimum atomic E-state index is -2.08. The van der Waals surface area contributed by atoms with Crippen molar-refractivity contribution < 1.29 is 48.0 Å². The lowest BCUT2D eigenvalue weighted by Gasteiger charge is -2.62. The number of hydrogen-bond acceptors (Lipinski definition) is 10. The van der Waals surface area contributed by atoms with Crippen molar-refractivity contribution in [1.29, 1.82) is 0 Å². The molecular formula is C32H36FNO10. The number of hydrogen-bond donors (Lipinski definition) is 1. The summed E-state index contributed by atoms with van der Waals surface area (Å²) in [7, 11) is 0. The summed E-state index contributed by atoms with van der Waals surface area (Å²) < 4.78 is 35.7. The normalized spacial score (nSPS) is 39.8. The van der Waals surface area contributed by atoms with Crippen molar-refractivity contribution in [2.45, 2.75) is 89.2 Å². The number of benzene rings is 1. The first-order valence-corrected chi connectivity index (χ1v) is 14.8. The van der Waals surface area contributed by atoms with Crippen LogP contribution in [-0.4, -0.2) is 63.6 Å². The van der Waals surface area contributed by atoms with E-state index in [1.807, 2.05) is 6.92 Å². The number of fused-ring (bicyclic) bond motifs is 7. The van der Waals surface area contributed by atoms with E-state index in [1.165, 1.54) is 36.4 Å². The summed E-state index contributed by atoms with van der Waals surface area (Å²) in [4.78, 5) is 54.0. The highest BCUT2D eigenvalue weighted by atomic mass is 19.1. The molecule has 0 aromatic heterocycles. The Bertz CT molecular complexity index is 1490. The van der Waals surface area contributed by atoms with Crippen LogP contribution in [0.2, 0.25) is 0 Å². The smallest absolute Gasteiger partial charge is 0.338 e. The highest BCUT2D eigenvalue weighted by molar-refractivity contribution is 6.01. The zero-order chi connectivity index (χ0) is 31.9. The Labute approximate surface area is 253 Å². The molecule has 236 valence electrons. The lowest BCUT2D eigenvalue weighted by molar-refractivity contribution is -0.763. The Kier molecular flexibility index (Phi) is 6.95. The van der Waals surface area contributed by atoms with Crippen LogP contribution >= 0.6 is 0 Å². The number of Topliss-reactive ketones (excluding diaryl/α,β-unsaturated/α-hetero) is 1. The molecule has 8 atom stereocenters. The van der Waals surface area contributed by atoms with E-state index in [4.69, 9.17) is 14.2 Å². The van der Waals surface area contributed by atoms with Gasteiger partial charge in [-0.15, -0.1) is 10.1 Å². The standard InChI is InChI=1S/C32H36FNO10/c1-28(2)43-26-14-23-22-10-9-20-13-21(35)11-12-29(20,3)31(22,33)24(36)15-30(23,4)32(26,44-28)25(37)17-41-27(38)19-7-5-18(6-8-19)16-42-34(39)40/h5-8,11-13,22-24,26,36H,9-10,14-17H2,1-4H3/t22?,23?,24-,26+,29-,30-,31-,32+/m0/s1. The van der Waals surface area contributed by atoms with Crippen molar-refractivity contribution in [2.75, 3.05) is 6.61 Å². The number of ether oxygens (including phenoxy) is 3. The highest BCUT2D eigenvalue weighted by Gasteiger charge is 2.80. The molecule has 1 aromatic carbocycles. The third kappa shape index (κ3) is 4.21. The van der Waals surface area contributed by atoms with Crippen LogP contribution in [0, 0.1) is 32.8 Å². The van der Waals surface area contributed by atoms with Crippen LogP contribution in [0.3, 0.4) is 0 Å². The van der Waals surface area contributed by atoms with Gasteiger partial charge < -0.3 is 24.2 Å². The first-order chi connectivity index (χ1) is 20.6. The van der Waals surface area contributed by atoms with Crippen LogP contribution < -0.4 is 0 Å². The van der Waals surface area contributed by atoms with E-state index in [9.17, 15) is 29.6 Å². The van der Waals surface area contributed by atoms with E-state index < -0.39 is 75.4 Å². The molecule has 4 fully saturated rings. The van der Waals surface area contributed by atoms with Crippen LogP contribution in [-0.2, 0) is 35.2 Å². The zero-order valence-electron chi connectivity index (χ0n) is 25.0. The van der Waals surface area contributed by atoms with Gasteiger partial charge in [0.05, 0.1) is 17.8 Å². The van der Waals surface area contributed by atoms with E-state index in [-0.39, 0.29) is 24.4 Å². The van der Waals surface area contributed by atoms with Gasteiger partial charge in [0.15, 0.2) is 29.4 Å². The van der Waals surface area contributed by atoms with Crippen molar-refractivity contribution in [2.24, 2.45) is 22.7 Å².